The fourth-order valence-corrected chi connectivity index (χ4v) is 1.14. The highest BCUT2D eigenvalue weighted by Gasteiger charge is 2.00. The summed E-state index contributed by atoms with van der Waals surface area (Å²) in [4.78, 5) is 25.4. The first kappa shape index (κ1) is 8.55. The van der Waals surface area contributed by atoms with E-state index in [1.165, 1.54) is 12.7 Å². The van der Waals surface area contributed by atoms with Gasteiger partial charge in [0.05, 0.1) is 6.33 Å². The van der Waals surface area contributed by atoms with Crippen LogP contribution in [0.25, 0.3) is 0 Å². The fourth-order valence-electron chi connectivity index (χ4n) is 1.14. The summed E-state index contributed by atoms with van der Waals surface area (Å²) >= 11 is 0. The molecule has 14 heavy (non-hydrogen) atoms. The fraction of sp³-hybridized carbons (Fsp3) is 0.111. The second-order valence-corrected chi connectivity index (χ2v) is 2.83. The Kier molecular flexibility index (Phi) is 2.31. The number of hydrogen-bond donors (Lipinski definition) is 1. The standard InChI is InChI=1S/C9H8N4O/c14-9-8(4-12-6-13-9)1-7-2-10-5-11-3-7/h2-6H,1H2,(H,12,13,14). The molecule has 0 saturated carbocycles. The van der Waals surface area contributed by atoms with Crippen molar-refractivity contribution >= 4 is 0 Å². The molecule has 0 bridgehead atoms. The van der Waals surface area contributed by atoms with Crippen LogP contribution in [-0.4, -0.2) is 19.9 Å². The monoisotopic (exact) mass is 188 g/mol. The van der Waals surface area contributed by atoms with Crippen molar-refractivity contribution in [2.45, 2.75) is 6.42 Å². The van der Waals surface area contributed by atoms with E-state index in [-0.39, 0.29) is 5.56 Å². The number of aromatic nitrogens is 4. The predicted octanol–water partition coefficient (Wildman–Crippen LogP) is 0.151. The lowest BCUT2D eigenvalue weighted by atomic mass is 10.1. The average Bonchev–Trinajstić information content (AvgIpc) is 2.23. The summed E-state index contributed by atoms with van der Waals surface area (Å²) < 4.78 is 0. The van der Waals surface area contributed by atoms with E-state index >= 15 is 0 Å². The van der Waals surface area contributed by atoms with Gasteiger partial charge in [-0.15, -0.1) is 0 Å². The molecule has 0 fully saturated rings. The Morgan fingerprint density at radius 2 is 1.93 bits per heavy atom. The van der Waals surface area contributed by atoms with E-state index < -0.39 is 0 Å². The number of nitrogens with one attached hydrogen (secondary N) is 1. The van der Waals surface area contributed by atoms with Gasteiger partial charge in [0.1, 0.15) is 6.33 Å². The van der Waals surface area contributed by atoms with Gasteiger partial charge in [0.25, 0.3) is 5.56 Å². The van der Waals surface area contributed by atoms with E-state index in [1.807, 2.05) is 0 Å². The van der Waals surface area contributed by atoms with Gasteiger partial charge in [-0.25, -0.2) is 15.0 Å². The van der Waals surface area contributed by atoms with Crippen LogP contribution in [0.4, 0.5) is 0 Å². The van der Waals surface area contributed by atoms with Gasteiger partial charge in [-0.1, -0.05) is 0 Å². The zero-order valence-electron chi connectivity index (χ0n) is 7.34. The zero-order chi connectivity index (χ0) is 9.80. The van der Waals surface area contributed by atoms with Crippen LogP contribution in [0.1, 0.15) is 11.1 Å². The average molecular weight is 188 g/mol. The summed E-state index contributed by atoms with van der Waals surface area (Å²) in [5.41, 5.74) is 1.39. The Morgan fingerprint density at radius 3 is 2.64 bits per heavy atom. The van der Waals surface area contributed by atoms with Crippen molar-refractivity contribution in [3.8, 4) is 0 Å². The van der Waals surface area contributed by atoms with Gasteiger partial charge >= 0.3 is 0 Å². The molecule has 1 N–H and O–H groups in total. The van der Waals surface area contributed by atoms with Crippen molar-refractivity contribution in [1.29, 1.82) is 0 Å². The van der Waals surface area contributed by atoms with Gasteiger partial charge in [-0.3, -0.25) is 4.79 Å². The van der Waals surface area contributed by atoms with Crippen molar-refractivity contribution in [2.24, 2.45) is 0 Å². The second kappa shape index (κ2) is 3.78. The summed E-state index contributed by atoms with van der Waals surface area (Å²) in [6, 6.07) is 0. The minimum Gasteiger partial charge on any atom is -0.313 e. The smallest absolute Gasteiger partial charge is 0.254 e. The van der Waals surface area contributed by atoms with Crippen LogP contribution < -0.4 is 5.56 Å². The SMILES string of the molecule is O=c1[nH]cncc1Cc1cncnc1. The van der Waals surface area contributed by atoms with Crippen molar-refractivity contribution < 1.29 is 0 Å². The van der Waals surface area contributed by atoms with Crippen molar-refractivity contribution in [3.63, 3.8) is 0 Å². The number of hydrogen-bond acceptors (Lipinski definition) is 4. The van der Waals surface area contributed by atoms with E-state index in [4.69, 9.17) is 0 Å². The molecule has 0 amide bonds. The normalized spacial score (nSPS) is 10.0. The Bertz CT molecular complexity index is 465. The lowest BCUT2D eigenvalue weighted by Gasteiger charge is -1.97. The Labute approximate surface area is 79.9 Å². The summed E-state index contributed by atoms with van der Waals surface area (Å²) in [7, 11) is 0. The molecule has 0 unspecified atom stereocenters. The molecule has 0 atom stereocenters. The van der Waals surface area contributed by atoms with Gasteiger partial charge < -0.3 is 4.98 Å². The Hall–Kier alpha value is -2.04. The molecule has 2 aromatic heterocycles. The van der Waals surface area contributed by atoms with Crippen molar-refractivity contribution in [2.75, 3.05) is 0 Å². The van der Waals surface area contributed by atoms with Gasteiger partial charge in [-0.2, -0.15) is 0 Å². The highest BCUT2D eigenvalue weighted by molar-refractivity contribution is 5.16. The highest BCUT2D eigenvalue weighted by atomic mass is 16.1. The predicted molar refractivity (Wildman–Crippen MR) is 49.7 cm³/mol. The third kappa shape index (κ3) is 1.82. The summed E-state index contributed by atoms with van der Waals surface area (Å²) in [5, 5.41) is 0. The van der Waals surface area contributed by atoms with E-state index in [2.05, 4.69) is 19.9 Å². The van der Waals surface area contributed by atoms with Crippen LogP contribution in [-0.2, 0) is 6.42 Å². The minimum atomic E-state index is -0.121. The van der Waals surface area contributed by atoms with E-state index in [0.717, 1.165) is 5.56 Å². The minimum absolute atomic E-state index is 0.121. The van der Waals surface area contributed by atoms with Crippen LogP contribution in [0, 0.1) is 0 Å². The van der Waals surface area contributed by atoms with E-state index in [0.29, 0.717) is 12.0 Å². The van der Waals surface area contributed by atoms with Crippen molar-refractivity contribution in [3.05, 3.63) is 52.7 Å². The maximum absolute atomic E-state index is 11.3. The molecule has 0 aliphatic carbocycles. The number of aromatic amines is 1. The summed E-state index contributed by atoms with van der Waals surface area (Å²) in [6.07, 6.45) is 8.24. The quantitative estimate of drug-likeness (QED) is 0.728. The zero-order valence-corrected chi connectivity index (χ0v) is 7.34. The van der Waals surface area contributed by atoms with Crippen LogP contribution >= 0.6 is 0 Å². The second-order valence-electron chi connectivity index (χ2n) is 2.83. The molecule has 0 spiro atoms. The first-order chi connectivity index (χ1) is 6.86. The molecule has 0 aromatic carbocycles. The molecular formula is C9H8N4O. The van der Waals surface area contributed by atoms with Crippen LogP contribution in [0.3, 0.4) is 0 Å². The Balaban J connectivity index is 2.28. The molecule has 2 aromatic rings. The lowest BCUT2D eigenvalue weighted by molar-refractivity contribution is 1.00. The number of rotatable bonds is 2. The number of H-pyrrole nitrogens is 1. The molecule has 2 rings (SSSR count). The van der Waals surface area contributed by atoms with Gasteiger partial charge in [0, 0.05) is 30.6 Å². The summed E-state index contributed by atoms with van der Waals surface area (Å²) in [5.74, 6) is 0. The van der Waals surface area contributed by atoms with Gasteiger partial charge in [0.15, 0.2) is 0 Å². The molecule has 0 saturated heterocycles. The molecule has 2 heterocycles. The lowest BCUT2D eigenvalue weighted by Crippen LogP contribution is -2.12. The van der Waals surface area contributed by atoms with Crippen molar-refractivity contribution in [1.82, 2.24) is 19.9 Å². The molecule has 5 nitrogen and oxygen atoms in total. The third-order valence-electron chi connectivity index (χ3n) is 1.80. The Morgan fingerprint density at radius 1 is 1.14 bits per heavy atom. The van der Waals surface area contributed by atoms with E-state index in [9.17, 15) is 4.79 Å². The molecule has 0 radical (unpaired) electrons. The molecule has 5 heteroatoms. The number of nitrogens with zero attached hydrogens (tertiary/aromatic N) is 3. The third-order valence-corrected chi connectivity index (χ3v) is 1.80. The maximum Gasteiger partial charge on any atom is 0.254 e. The van der Waals surface area contributed by atoms with E-state index in [1.54, 1.807) is 18.6 Å². The summed E-state index contributed by atoms with van der Waals surface area (Å²) in [6.45, 7) is 0. The van der Waals surface area contributed by atoms with Crippen LogP contribution in [0.15, 0.2) is 36.0 Å². The van der Waals surface area contributed by atoms with Crippen LogP contribution in [0.2, 0.25) is 0 Å². The van der Waals surface area contributed by atoms with Gasteiger partial charge in [0.2, 0.25) is 0 Å². The van der Waals surface area contributed by atoms with Crippen LogP contribution in [0.5, 0.6) is 0 Å². The topological polar surface area (TPSA) is 71.5 Å². The first-order valence-electron chi connectivity index (χ1n) is 4.12. The largest absolute Gasteiger partial charge is 0.313 e. The molecule has 0 aliphatic heterocycles. The molecular weight excluding hydrogens is 180 g/mol. The first-order valence-corrected chi connectivity index (χ1v) is 4.12. The van der Waals surface area contributed by atoms with Gasteiger partial charge in [-0.05, 0) is 5.56 Å². The molecule has 0 aliphatic rings. The highest BCUT2D eigenvalue weighted by Crippen LogP contribution is 2.00. The molecule has 70 valence electrons. The maximum atomic E-state index is 11.3.